The first-order chi connectivity index (χ1) is 15.5. The average molecular weight is 438 g/mol. The van der Waals surface area contributed by atoms with Crippen LogP contribution in [0.1, 0.15) is 47.6 Å². The molecule has 1 aliphatic rings. The highest BCUT2D eigenvalue weighted by Crippen LogP contribution is 2.26. The van der Waals surface area contributed by atoms with Crippen molar-refractivity contribution < 1.29 is 14.3 Å². The van der Waals surface area contributed by atoms with E-state index in [1.54, 1.807) is 17.9 Å². The van der Waals surface area contributed by atoms with Gasteiger partial charge in [0, 0.05) is 31.7 Å². The van der Waals surface area contributed by atoms with Crippen molar-refractivity contribution in [3.8, 4) is 5.69 Å². The zero-order valence-corrected chi connectivity index (χ0v) is 18.5. The zero-order valence-electron chi connectivity index (χ0n) is 18.5. The van der Waals surface area contributed by atoms with E-state index in [0.29, 0.717) is 36.6 Å². The second-order valence-corrected chi connectivity index (χ2v) is 7.84. The van der Waals surface area contributed by atoms with Crippen molar-refractivity contribution in [3.05, 3.63) is 53.9 Å². The summed E-state index contributed by atoms with van der Waals surface area (Å²) in [6.45, 7) is 5.22. The number of nitrogens with one attached hydrogen (secondary N) is 1. The summed E-state index contributed by atoms with van der Waals surface area (Å²) in [7, 11) is 1.92. The van der Waals surface area contributed by atoms with E-state index in [1.807, 2.05) is 47.7 Å². The number of anilines is 1. The maximum atomic E-state index is 12.8. The van der Waals surface area contributed by atoms with Gasteiger partial charge in [0.05, 0.1) is 24.2 Å². The Morgan fingerprint density at radius 1 is 1.25 bits per heavy atom. The Morgan fingerprint density at radius 3 is 2.72 bits per heavy atom. The Morgan fingerprint density at radius 2 is 2.03 bits per heavy atom. The van der Waals surface area contributed by atoms with Gasteiger partial charge < -0.3 is 19.5 Å². The van der Waals surface area contributed by atoms with Gasteiger partial charge in [-0.15, -0.1) is 10.2 Å². The summed E-state index contributed by atoms with van der Waals surface area (Å²) in [4.78, 5) is 26.7. The zero-order chi connectivity index (χ0) is 22.7. The SMILES string of the molecule is CCOC(=O)c1cnn(-c2ccc(NC(=O)N3CCC[C@@H](c4nncn4C)C3)cc2)c1C. The lowest BCUT2D eigenvalue weighted by Gasteiger charge is -2.32. The average Bonchev–Trinajstić information content (AvgIpc) is 3.40. The third-order valence-electron chi connectivity index (χ3n) is 5.69. The number of nitrogens with zero attached hydrogens (tertiary/aromatic N) is 6. The molecule has 3 aromatic rings. The lowest BCUT2D eigenvalue weighted by atomic mass is 9.97. The van der Waals surface area contributed by atoms with Crippen molar-refractivity contribution in [1.82, 2.24) is 29.4 Å². The number of hydrogen-bond acceptors (Lipinski definition) is 6. The molecule has 1 aliphatic heterocycles. The summed E-state index contributed by atoms with van der Waals surface area (Å²) in [5.41, 5.74) is 2.61. The van der Waals surface area contributed by atoms with Crippen LogP contribution in [0.15, 0.2) is 36.8 Å². The maximum Gasteiger partial charge on any atom is 0.341 e. The Kier molecular flexibility index (Phi) is 6.20. The normalized spacial score (nSPS) is 16.1. The number of aromatic nitrogens is 5. The molecule has 0 bridgehead atoms. The lowest BCUT2D eigenvalue weighted by molar-refractivity contribution is 0.0525. The Hall–Kier alpha value is -3.69. The monoisotopic (exact) mass is 437 g/mol. The molecule has 2 aromatic heterocycles. The second kappa shape index (κ2) is 9.21. The number of piperidine rings is 1. The second-order valence-electron chi connectivity index (χ2n) is 7.84. The fraction of sp³-hybridized carbons (Fsp3) is 0.409. The van der Waals surface area contributed by atoms with E-state index in [4.69, 9.17) is 4.74 Å². The molecule has 1 N–H and O–H groups in total. The summed E-state index contributed by atoms with van der Waals surface area (Å²) in [6, 6.07) is 7.21. The molecule has 4 rings (SSSR count). The van der Waals surface area contributed by atoms with Crippen molar-refractivity contribution in [1.29, 1.82) is 0 Å². The van der Waals surface area contributed by atoms with Crippen LogP contribution in [0.4, 0.5) is 10.5 Å². The van der Waals surface area contributed by atoms with Crippen molar-refractivity contribution >= 4 is 17.7 Å². The molecule has 10 nitrogen and oxygen atoms in total. The highest BCUT2D eigenvalue weighted by atomic mass is 16.5. The van der Waals surface area contributed by atoms with Gasteiger partial charge in [0.15, 0.2) is 0 Å². The number of hydrogen-bond donors (Lipinski definition) is 1. The molecule has 0 unspecified atom stereocenters. The molecule has 0 spiro atoms. The summed E-state index contributed by atoms with van der Waals surface area (Å²) in [5, 5.41) is 15.4. The van der Waals surface area contributed by atoms with E-state index in [1.165, 1.54) is 6.20 Å². The topological polar surface area (TPSA) is 107 Å². The van der Waals surface area contributed by atoms with Crippen LogP contribution in [0.2, 0.25) is 0 Å². The molecule has 32 heavy (non-hydrogen) atoms. The van der Waals surface area contributed by atoms with Gasteiger partial charge in [-0.1, -0.05) is 0 Å². The third-order valence-corrected chi connectivity index (χ3v) is 5.69. The summed E-state index contributed by atoms with van der Waals surface area (Å²) in [6.07, 6.45) is 5.10. The molecule has 3 heterocycles. The van der Waals surface area contributed by atoms with E-state index >= 15 is 0 Å². The number of ether oxygens (including phenoxy) is 1. The molecule has 1 fully saturated rings. The van der Waals surface area contributed by atoms with E-state index in [0.717, 1.165) is 24.4 Å². The first kappa shape index (κ1) is 21.5. The Bertz CT molecular complexity index is 1100. The highest BCUT2D eigenvalue weighted by molar-refractivity contribution is 5.91. The van der Waals surface area contributed by atoms with Crippen LogP contribution in [0, 0.1) is 6.92 Å². The Labute approximate surface area is 186 Å². The van der Waals surface area contributed by atoms with Crippen molar-refractivity contribution in [2.24, 2.45) is 7.05 Å². The van der Waals surface area contributed by atoms with Gasteiger partial charge in [-0.2, -0.15) is 5.10 Å². The van der Waals surface area contributed by atoms with Crippen LogP contribution in [-0.4, -0.2) is 61.1 Å². The molecule has 168 valence electrons. The number of urea groups is 1. The predicted octanol–water partition coefficient (Wildman–Crippen LogP) is 2.90. The van der Waals surface area contributed by atoms with Crippen molar-refractivity contribution in [3.63, 3.8) is 0 Å². The van der Waals surface area contributed by atoms with Gasteiger partial charge in [-0.25, -0.2) is 14.3 Å². The van der Waals surface area contributed by atoms with Gasteiger partial charge in [0.1, 0.15) is 17.7 Å². The number of aryl methyl sites for hydroxylation is 1. The van der Waals surface area contributed by atoms with Crippen LogP contribution in [0.3, 0.4) is 0 Å². The standard InChI is InChI=1S/C22H27N7O3/c1-4-32-21(30)19-12-24-29(15(19)2)18-9-7-17(8-10-18)25-22(31)28-11-5-6-16(13-28)20-26-23-14-27(20)3/h7-10,12,14,16H,4-6,11,13H2,1-3H3,(H,25,31)/t16-/m1/s1. The molecule has 10 heteroatoms. The largest absolute Gasteiger partial charge is 0.462 e. The van der Waals surface area contributed by atoms with E-state index in [9.17, 15) is 9.59 Å². The van der Waals surface area contributed by atoms with Gasteiger partial charge in [0.2, 0.25) is 0 Å². The number of rotatable bonds is 5. The van der Waals surface area contributed by atoms with Crippen molar-refractivity contribution in [2.75, 3.05) is 25.0 Å². The highest BCUT2D eigenvalue weighted by Gasteiger charge is 2.27. The molecular formula is C22H27N7O3. The van der Waals surface area contributed by atoms with Crippen molar-refractivity contribution in [2.45, 2.75) is 32.6 Å². The lowest BCUT2D eigenvalue weighted by Crippen LogP contribution is -2.42. The molecule has 0 saturated carbocycles. The van der Waals surface area contributed by atoms with Gasteiger partial charge in [-0.3, -0.25) is 0 Å². The number of amides is 2. The molecule has 1 aromatic carbocycles. The minimum Gasteiger partial charge on any atom is -0.462 e. The molecule has 0 aliphatic carbocycles. The van der Waals surface area contributed by atoms with E-state index in [-0.39, 0.29) is 17.9 Å². The fourth-order valence-electron chi connectivity index (χ4n) is 4.00. The predicted molar refractivity (Wildman–Crippen MR) is 118 cm³/mol. The van der Waals surface area contributed by atoms with E-state index < -0.39 is 0 Å². The van der Waals surface area contributed by atoms with Gasteiger partial charge in [-0.05, 0) is 51.0 Å². The molecule has 2 amide bonds. The van der Waals surface area contributed by atoms with Gasteiger partial charge in [0.25, 0.3) is 0 Å². The number of carbonyl (C=O) groups excluding carboxylic acids is 2. The minimum atomic E-state index is -0.388. The summed E-state index contributed by atoms with van der Waals surface area (Å²) in [5.74, 6) is 0.700. The molecule has 1 atom stereocenters. The minimum absolute atomic E-state index is 0.135. The van der Waals surface area contributed by atoms with Crippen LogP contribution in [0.25, 0.3) is 5.69 Å². The van der Waals surface area contributed by atoms with Crippen LogP contribution in [0.5, 0.6) is 0 Å². The van der Waals surface area contributed by atoms with Gasteiger partial charge >= 0.3 is 12.0 Å². The molecule has 0 radical (unpaired) electrons. The molecular weight excluding hydrogens is 410 g/mol. The number of benzene rings is 1. The van der Waals surface area contributed by atoms with Crippen LogP contribution < -0.4 is 5.32 Å². The maximum absolute atomic E-state index is 12.8. The van der Waals surface area contributed by atoms with E-state index in [2.05, 4.69) is 20.6 Å². The Balaban J connectivity index is 1.41. The van der Waals surface area contributed by atoms with Crippen LogP contribution in [-0.2, 0) is 11.8 Å². The first-order valence-corrected chi connectivity index (χ1v) is 10.7. The third kappa shape index (κ3) is 4.34. The number of carbonyl (C=O) groups is 2. The smallest absolute Gasteiger partial charge is 0.341 e. The van der Waals surface area contributed by atoms with Crippen LogP contribution >= 0.6 is 0 Å². The summed E-state index contributed by atoms with van der Waals surface area (Å²) >= 11 is 0. The number of esters is 1. The fourth-order valence-corrected chi connectivity index (χ4v) is 4.00. The summed E-state index contributed by atoms with van der Waals surface area (Å²) < 4.78 is 8.65. The quantitative estimate of drug-likeness (QED) is 0.615. The number of likely N-dealkylation sites (tertiary alicyclic amines) is 1. The molecule has 1 saturated heterocycles. The first-order valence-electron chi connectivity index (χ1n) is 10.7.